The Kier molecular flexibility index (Phi) is 20.4. The fraction of sp³-hybridized carbons (Fsp3) is 0.600. The lowest BCUT2D eigenvalue weighted by molar-refractivity contribution is 0.545. The molecule has 0 bridgehead atoms. The summed E-state index contributed by atoms with van der Waals surface area (Å²) in [6.45, 7) is 3.51. The van der Waals surface area contributed by atoms with E-state index in [-0.39, 0.29) is 5.48 Å². The molecule has 0 unspecified atom stereocenters. The predicted octanol–water partition coefficient (Wildman–Crippen LogP) is -0.0365. The molecule has 0 aliphatic heterocycles. The number of hydrogen-bond acceptors (Lipinski definition) is 8. The van der Waals surface area contributed by atoms with Crippen molar-refractivity contribution in [3.63, 3.8) is 0 Å². The summed E-state index contributed by atoms with van der Waals surface area (Å²) in [6, 6.07) is 0. The molecule has 19 heavy (non-hydrogen) atoms. The summed E-state index contributed by atoms with van der Waals surface area (Å²) in [5.74, 6) is 0. The maximum absolute atomic E-state index is 9.57. The van der Waals surface area contributed by atoms with Crippen molar-refractivity contribution in [1.29, 1.82) is 0 Å². The van der Waals surface area contributed by atoms with E-state index in [0.29, 0.717) is 12.8 Å². The van der Waals surface area contributed by atoms with E-state index in [1.807, 2.05) is 0 Å². The molecule has 0 aromatic carbocycles. The Morgan fingerprint density at radius 1 is 0.684 bits per heavy atom. The Morgan fingerprint density at radius 3 is 1.00 bits per heavy atom. The summed E-state index contributed by atoms with van der Waals surface area (Å²) < 4.78 is 0. The minimum atomic E-state index is -0.583. The Morgan fingerprint density at radius 2 is 0.895 bits per heavy atom. The molecule has 0 aliphatic rings. The maximum atomic E-state index is 9.57. The van der Waals surface area contributed by atoms with Gasteiger partial charge in [0.25, 0.3) is 0 Å². The van der Waals surface area contributed by atoms with Gasteiger partial charge in [0.1, 0.15) is 0 Å². The standard InChI is InChI=1S/2C5H6N2O2.H2O/c2*1-2-5(6-3-8)7-4-9;/h2*5H,2H2,1H3;1H2. The molecule has 0 amide bonds. The molecule has 2 N–H and O–H groups in total. The minimum absolute atomic E-state index is 0. The van der Waals surface area contributed by atoms with Crippen LogP contribution in [0.1, 0.15) is 26.7 Å². The molecule has 104 valence electrons. The second-order valence-corrected chi connectivity index (χ2v) is 2.66. The van der Waals surface area contributed by atoms with Crippen molar-refractivity contribution in [3.8, 4) is 0 Å². The molecule has 0 saturated carbocycles. The van der Waals surface area contributed by atoms with E-state index in [2.05, 4.69) is 20.0 Å². The van der Waals surface area contributed by atoms with Crippen LogP contribution in [0.15, 0.2) is 20.0 Å². The van der Waals surface area contributed by atoms with Crippen LogP contribution in [-0.4, -0.2) is 42.1 Å². The van der Waals surface area contributed by atoms with Crippen LogP contribution in [0.2, 0.25) is 0 Å². The van der Waals surface area contributed by atoms with Gasteiger partial charge in [0.15, 0.2) is 12.3 Å². The molecule has 0 fully saturated rings. The van der Waals surface area contributed by atoms with Gasteiger partial charge in [0.2, 0.25) is 24.3 Å². The molecule has 9 nitrogen and oxygen atoms in total. The Bertz CT molecular complexity index is 338. The summed E-state index contributed by atoms with van der Waals surface area (Å²) in [4.78, 5) is 51.1. The molecule has 0 heterocycles. The van der Waals surface area contributed by atoms with Crippen molar-refractivity contribution in [3.05, 3.63) is 0 Å². The lowest BCUT2D eigenvalue weighted by Gasteiger charge is -1.92. The summed E-state index contributed by atoms with van der Waals surface area (Å²) in [5.41, 5.74) is 0. The Balaban J connectivity index is -0.000000256. The number of nitrogens with zero attached hydrogens (tertiary/aromatic N) is 4. The maximum Gasteiger partial charge on any atom is 0.237 e. The van der Waals surface area contributed by atoms with E-state index in [9.17, 15) is 19.2 Å². The van der Waals surface area contributed by atoms with E-state index < -0.39 is 12.3 Å². The van der Waals surface area contributed by atoms with Crippen LogP contribution in [0.5, 0.6) is 0 Å². The first kappa shape index (κ1) is 21.7. The number of rotatable bonds is 6. The van der Waals surface area contributed by atoms with Crippen molar-refractivity contribution >= 4 is 24.3 Å². The molecule has 0 aliphatic carbocycles. The molecule has 0 spiro atoms. The van der Waals surface area contributed by atoms with Crippen molar-refractivity contribution in [2.24, 2.45) is 20.0 Å². The quantitative estimate of drug-likeness (QED) is 0.491. The van der Waals surface area contributed by atoms with Gasteiger partial charge < -0.3 is 5.48 Å². The highest BCUT2D eigenvalue weighted by Gasteiger charge is 1.97. The third-order valence-electron chi connectivity index (χ3n) is 1.54. The van der Waals surface area contributed by atoms with Gasteiger partial charge in [-0.1, -0.05) is 13.8 Å². The highest BCUT2D eigenvalue weighted by atomic mass is 16.1. The van der Waals surface area contributed by atoms with Gasteiger partial charge in [0.05, 0.1) is 0 Å². The van der Waals surface area contributed by atoms with Crippen LogP contribution in [0.3, 0.4) is 0 Å². The molecule has 0 aromatic heterocycles. The molecule has 0 aromatic rings. The number of carbonyl (C=O) groups excluding carboxylic acids is 4. The van der Waals surface area contributed by atoms with E-state index in [1.165, 1.54) is 24.3 Å². The van der Waals surface area contributed by atoms with E-state index in [4.69, 9.17) is 0 Å². The molecular formula is C10H14N4O5. The predicted molar refractivity (Wildman–Crippen MR) is 64.3 cm³/mol. The number of hydrogen-bond donors (Lipinski definition) is 0. The lowest BCUT2D eigenvalue weighted by Crippen LogP contribution is -1.95. The Labute approximate surface area is 109 Å². The highest BCUT2D eigenvalue weighted by molar-refractivity contribution is 5.37. The normalized spacial score (nSPS) is 10.2. The fourth-order valence-corrected chi connectivity index (χ4v) is 0.666. The topological polar surface area (TPSA) is 149 Å². The molecule has 9 heteroatoms. The van der Waals surface area contributed by atoms with Crippen LogP contribution in [-0.2, 0) is 19.2 Å². The van der Waals surface area contributed by atoms with Gasteiger partial charge in [-0.3, -0.25) is 0 Å². The van der Waals surface area contributed by atoms with Gasteiger partial charge >= 0.3 is 0 Å². The van der Waals surface area contributed by atoms with Gasteiger partial charge in [-0.2, -0.15) is 20.0 Å². The third-order valence-corrected chi connectivity index (χ3v) is 1.54. The van der Waals surface area contributed by atoms with Crippen molar-refractivity contribution in [1.82, 2.24) is 0 Å². The zero-order valence-corrected chi connectivity index (χ0v) is 10.5. The van der Waals surface area contributed by atoms with Gasteiger partial charge in [0, 0.05) is 0 Å². The summed E-state index contributed by atoms with van der Waals surface area (Å²) in [7, 11) is 0. The Hall–Kier alpha value is -2.52. The van der Waals surface area contributed by atoms with Gasteiger partial charge in [-0.15, -0.1) is 0 Å². The summed E-state index contributed by atoms with van der Waals surface area (Å²) in [6.07, 6.45) is 5.09. The van der Waals surface area contributed by atoms with Crippen molar-refractivity contribution < 1.29 is 24.7 Å². The first-order valence-electron chi connectivity index (χ1n) is 4.97. The SMILES string of the molecule is CCC(N=C=O)N=C=O.CCC(N=C=O)N=C=O.O. The molecule has 0 saturated heterocycles. The molecule has 0 rings (SSSR count). The molecule has 0 radical (unpaired) electrons. The smallest absolute Gasteiger partial charge is 0.237 e. The number of isocyanates is 4. The van der Waals surface area contributed by atoms with E-state index in [1.54, 1.807) is 13.8 Å². The minimum Gasteiger partial charge on any atom is -0.412 e. The van der Waals surface area contributed by atoms with Crippen LogP contribution >= 0.6 is 0 Å². The molecule has 0 atom stereocenters. The van der Waals surface area contributed by atoms with Crippen molar-refractivity contribution in [2.45, 2.75) is 39.0 Å². The van der Waals surface area contributed by atoms with Gasteiger partial charge in [-0.05, 0) is 12.8 Å². The van der Waals surface area contributed by atoms with Gasteiger partial charge in [-0.25, -0.2) is 19.2 Å². The van der Waals surface area contributed by atoms with Crippen LogP contribution in [0.4, 0.5) is 0 Å². The third kappa shape index (κ3) is 15.5. The lowest BCUT2D eigenvalue weighted by atomic mass is 10.4. The average Bonchev–Trinajstić information content (AvgIpc) is 2.39. The largest absolute Gasteiger partial charge is 0.412 e. The first-order chi connectivity index (χ1) is 8.69. The summed E-state index contributed by atoms with van der Waals surface area (Å²) in [5, 5.41) is 0. The van der Waals surface area contributed by atoms with E-state index in [0.717, 1.165) is 0 Å². The van der Waals surface area contributed by atoms with Crippen molar-refractivity contribution in [2.75, 3.05) is 0 Å². The monoisotopic (exact) mass is 270 g/mol. The second kappa shape index (κ2) is 17.9. The first-order valence-corrected chi connectivity index (χ1v) is 4.97. The van der Waals surface area contributed by atoms with Crippen LogP contribution < -0.4 is 0 Å². The second-order valence-electron chi connectivity index (χ2n) is 2.66. The number of aliphatic imine (C=N–C) groups is 4. The zero-order valence-electron chi connectivity index (χ0n) is 10.5. The summed E-state index contributed by atoms with van der Waals surface area (Å²) >= 11 is 0. The molecular weight excluding hydrogens is 256 g/mol. The van der Waals surface area contributed by atoms with Crippen LogP contribution in [0.25, 0.3) is 0 Å². The highest BCUT2D eigenvalue weighted by Crippen LogP contribution is 1.95. The van der Waals surface area contributed by atoms with Crippen LogP contribution in [0, 0.1) is 0 Å². The van der Waals surface area contributed by atoms with E-state index >= 15 is 0 Å². The fourth-order valence-electron chi connectivity index (χ4n) is 0.666. The zero-order chi connectivity index (χ0) is 14.2. The average molecular weight is 270 g/mol.